The van der Waals surface area contributed by atoms with Crippen LogP contribution in [0.1, 0.15) is 30.5 Å². The van der Waals surface area contributed by atoms with Crippen molar-refractivity contribution in [3.05, 3.63) is 16.1 Å². The molecule has 0 aliphatic rings. The summed E-state index contributed by atoms with van der Waals surface area (Å²) in [4.78, 5) is 26.3. The summed E-state index contributed by atoms with van der Waals surface area (Å²) < 4.78 is 0. The van der Waals surface area contributed by atoms with Gasteiger partial charge in [0.15, 0.2) is 0 Å². The highest BCUT2D eigenvalue weighted by Gasteiger charge is 2.07. The minimum absolute atomic E-state index is 0.133. The van der Waals surface area contributed by atoms with Gasteiger partial charge in [0.25, 0.3) is 0 Å². The normalized spacial score (nSPS) is 11.9. The van der Waals surface area contributed by atoms with Crippen molar-refractivity contribution in [1.82, 2.24) is 15.6 Å². The third-order valence-electron chi connectivity index (χ3n) is 2.75. The van der Waals surface area contributed by atoms with Crippen LogP contribution in [-0.2, 0) is 11.2 Å². The van der Waals surface area contributed by atoms with Crippen molar-refractivity contribution in [3.63, 3.8) is 0 Å². The molecule has 0 aliphatic carbocycles. The maximum absolute atomic E-state index is 11.5. The van der Waals surface area contributed by atoms with Gasteiger partial charge in [0.05, 0.1) is 5.01 Å². The maximum Gasteiger partial charge on any atom is 0.314 e. The van der Waals surface area contributed by atoms with Crippen molar-refractivity contribution in [2.75, 3.05) is 13.1 Å². The number of amides is 2. The Morgan fingerprint density at radius 3 is 2.80 bits per heavy atom. The number of urea groups is 1. The molecule has 1 heterocycles. The summed E-state index contributed by atoms with van der Waals surface area (Å²) in [6.07, 6.45) is 1.42. The van der Waals surface area contributed by atoms with Crippen LogP contribution in [0.2, 0.25) is 0 Å². The minimum Gasteiger partial charge on any atom is -0.481 e. The molecule has 0 bridgehead atoms. The zero-order valence-electron chi connectivity index (χ0n) is 11.8. The molecular weight excluding hydrogens is 278 g/mol. The number of nitrogens with zero attached hydrogens (tertiary/aromatic N) is 1. The summed E-state index contributed by atoms with van der Waals surface area (Å²) in [5.41, 5.74) is 1.00. The van der Waals surface area contributed by atoms with E-state index in [1.807, 2.05) is 19.2 Å². The number of thiazole rings is 1. The molecule has 1 unspecified atom stereocenters. The molecule has 1 atom stereocenters. The van der Waals surface area contributed by atoms with E-state index in [4.69, 9.17) is 5.11 Å². The zero-order chi connectivity index (χ0) is 15.0. The Kier molecular flexibility index (Phi) is 7.00. The molecule has 112 valence electrons. The average molecular weight is 299 g/mol. The predicted molar refractivity (Wildman–Crippen MR) is 78.0 cm³/mol. The number of carbonyl (C=O) groups excluding carboxylic acids is 1. The first kappa shape index (κ1) is 16.4. The van der Waals surface area contributed by atoms with Gasteiger partial charge in [-0.05, 0) is 19.3 Å². The van der Waals surface area contributed by atoms with Crippen LogP contribution in [0.4, 0.5) is 4.79 Å². The Morgan fingerprint density at radius 1 is 1.45 bits per heavy atom. The fourth-order valence-electron chi connectivity index (χ4n) is 1.60. The summed E-state index contributed by atoms with van der Waals surface area (Å²) in [6, 6.07) is -0.222. The molecule has 7 heteroatoms. The second-order valence-corrected chi connectivity index (χ2v) is 5.75. The number of aliphatic carboxylic acids is 1. The number of carbonyl (C=O) groups is 2. The van der Waals surface area contributed by atoms with Gasteiger partial charge in [-0.3, -0.25) is 4.79 Å². The first-order chi connectivity index (χ1) is 9.47. The van der Waals surface area contributed by atoms with Crippen LogP contribution in [0.3, 0.4) is 0 Å². The molecule has 20 heavy (non-hydrogen) atoms. The predicted octanol–water partition coefficient (Wildman–Crippen LogP) is 1.79. The van der Waals surface area contributed by atoms with E-state index < -0.39 is 5.97 Å². The van der Waals surface area contributed by atoms with Gasteiger partial charge in [0.1, 0.15) is 0 Å². The van der Waals surface area contributed by atoms with Gasteiger partial charge >= 0.3 is 12.0 Å². The molecule has 1 aromatic rings. The van der Waals surface area contributed by atoms with E-state index >= 15 is 0 Å². The second-order valence-electron chi connectivity index (χ2n) is 4.81. The van der Waals surface area contributed by atoms with Gasteiger partial charge in [0, 0.05) is 37.0 Å². The lowest BCUT2D eigenvalue weighted by Crippen LogP contribution is -2.38. The summed E-state index contributed by atoms with van der Waals surface area (Å²) >= 11 is 1.59. The Labute approximate surface area is 122 Å². The van der Waals surface area contributed by atoms with Gasteiger partial charge in [-0.1, -0.05) is 6.92 Å². The molecule has 1 aromatic heterocycles. The molecule has 3 N–H and O–H groups in total. The van der Waals surface area contributed by atoms with Crippen LogP contribution in [0, 0.1) is 12.8 Å². The first-order valence-electron chi connectivity index (χ1n) is 6.62. The molecule has 2 amide bonds. The highest BCUT2D eigenvalue weighted by Crippen LogP contribution is 2.08. The molecule has 1 rings (SSSR count). The number of hydrogen-bond acceptors (Lipinski definition) is 4. The fourth-order valence-corrected chi connectivity index (χ4v) is 2.38. The molecule has 0 saturated carbocycles. The lowest BCUT2D eigenvalue weighted by atomic mass is 10.1. The largest absolute Gasteiger partial charge is 0.481 e. The molecule has 0 aliphatic heterocycles. The number of carboxylic acids is 1. The molecule has 0 fully saturated rings. The number of hydrogen-bond donors (Lipinski definition) is 3. The van der Waals surface area contributed by atoms with E-state index in [0.717, 1.165) is 17.1 Å². The standard InChI is InChI=1S/C13H21N3O3S/c1-9(3-4-12(17)18)7-15-13(19)14-6-5-11-16-10(2)8-20-11/h8-9H,3-7H2,1-2H3,(H,17,18)(H2,14,15,19). The van der Waals surface area contributed by atoms with Crippen LogP contribution >= 0.6 is 11.3 Å². The Balaban J connectivity index is 2.09. The van der Waals surface area contributed by atoms with Crippen molar-refractivity contribution in [1.29, 1.82) is 0 Å². The fraction of sp³-hybridized carbons (Fsp3) is 0.615. The van der Waals surface area contributed by atoms with Gasteiger partial charge in [-0.15, -0.1) is 11.3 Å². The summed E-state index contributed by atoms with van der Waals surface area (Å²) in [5.74, 6) is -0.654. The van der Waals surface area contributed by atoms with Crippen molar-refractivity contribution >= 4 is 23.3 Å². The number of rotatable bonds is 8. The topological polar surface area (TPSA) is 91.3 Å². The number of aromatic nitrogens is 1. The van der Waals surface area contributed by atoms with E-state index in [0.29, 0.717) is 19.5 Å². The van der Waals surface area contributed by atoms with Crippen LogP contribution in [-0.4, -0.2) is 35.2 Å². The summed E-state index contributed by atoms with van der Waals surface area (Å²) in [7, 11) is 0. The summed E-state index contributed by atoms with van der Waals surface area (Å²) in [6.45, 7) is 4.89. The van der Waals surface area contributed by atoms with Crippen molar-refractivity contribution < 1.29 is 14.7 Å². The van der Waals surface area contributed by atoms with Crippen molar-refractivity contribution in [2.45, 2.75) is 33.1 Å². The van der Waals surface area contributed by atoms with E-state index in [1.165, 1.54) is 0 Å². The molecule has 0 saturated heterocycles. The number of aryl methyl sites for hydroxylation is 1. The van der Waals surface area contributed by atoms with Crippen LogP contribution < -0.4 is 10.6 Å². The lowest BCUT2D eigenvalue weighted by Gasteiger charge is -2.12. The third kappa shape index (κ3) is 7.08. The Hall–Kier alpha value is -1.63. The number of nitrogens with one attached hydrogen (secondary N) is 2. The third-order valence-corrected chi connectivity index (χ3v) is 3.78. The van der Waals surface area contributed by atoms with Crippen molar-refractivity contribution in [3.8, 4) is 0 Å². The molecular formula is C13H21N3O3S. The van der Waals surface area contributed by atoms with Crippen LogP contribution in [0.15, 0.2) is 5.38 Å². The zero-order valence-corrected chi connectivity index (χ0v) is 12.6. The number of carboxylic acid groups (broad SMARTS) is 1. The van der Waals surface area contributed by atoms with Crippen LogP contribution in [0.5, 0.6) is 0 Å². The first-order valence-corrected chi connectivity index (χ1v) is 7.50. The minimum atomic E-state index is -0.806. The SMILES string of the molecule is Cc1csc(CCNC(=O)NCC(C)CCC(=O)O)n1. The molecule has 0 radical (unpaired) electrons. The summed E-state index contributed by atoms with van der Waals surface area (Å²) in [5, 5.41) is 17.1. The highest BCUT2D eigenvalue weighted by molar-refractivity contribution is 7.09. The van der Waals surface area contributed by atoms with Gasteiger partial charge in [-0.25, -0.2) is 9.78 Å². The van der Waals surface area contributed by atoms with E-state index in [2.05, 4.69) is 15.6 Å². The van der Waals surface area contributed by atoms with E-state index in [-0.39, 0.29) is 18.4 Å². The maximum atomic E-state index is 11.5. The lowest BCUT2D eigenvalue weighted by molar-refractivity contribution is -0.137. The molecule has 0 spiro atoms. The van der Waals surface area contributed by atoms with E-state index in [1.54, 1.807) is 11.3 Å². The quantitative estimate of drug-likeness (QED) is 0.682. The van der Waals surface area contributed by atoms with Gasteiger partial charge < -0.3 is 15.7 Å². The Bertz CT molecular complexity index is 448. The van der Waals surface area contributed by atoms with Crippen LogP contribution in [0.25, 0.3) is 0 Å². The van der Waals surface area contributed by atoms with Crippen molar-refractivity contribution in [2.24, 2.45) is 5.92 Å². The smallest absolute Gasteiger partial charge is 0.314 e. The molecule has 0 aromatic carbocycles. The van der Waals surface area contributed by atoms with Gasteiger partial charge in [-0.2, -0.15) is 0 Å². The molecule has 6 nitrogen and oxygen atoms in total. The monoisotopic (exact) mass is 299 g/mol. The van der Waals surface area contributed by atoms with Gasteiger partial charge in [0.2, 0.25) is 0 Å². The van der Waals surface area contributed by atoms with E-state index in [9.17, 15) is 9.59 Å². The average Bonchev–Trinajstić information content (AvgIpc) is 2.79. The second kappa shape index (κ2) is 8.52. The Morgan fingerprint density at radius 2 is 2.20 bits per heavy atom. The highest BCUT2D eigenvalue weighted by atomic mass is 32.1.